The van der Waals surface area contributed by atoms with Gasteiger partial charge in [0, 0.05) is 18.8 Å². The molecule has 0 aliphatic heterocycles. The molecule has 88 valence electrons. The van der Waals surface area contributed by atoms with E-state index in [4.69, 9.17) is 10.5 Å². The van der Waals surface area contributed by atoms with Crippen molar-refractivity contribution in [2.45, 2.75) is 6.54 Å². The molecule has 2 heterocycles. The number of hydrogen-bond donors (Lipinski definition) is 2. The summed E-state index contributed by atoms with van der Waals surface area (Å²) in [6.45, 7) is 0.648. The summed E-state index contributed by atoms with van der Waals surface area (Å²) in [5.74, 6) is 1.85. The number of pyridine rings is 2. The maximum Gasteiger partial charge on any atom is 0.213 e. The highest BCUT2D eigenvalue weighted by Crippen LogP contribution is 2.11. The molecule has 0 aromatic carbocycles. The van der Waals surface area contributed by atoms with Crippen molar-refractivity contribution in [2.75, 3.05) is 18.2 Å². The highest BCUT2D eigenvalue weighted by molar-refractivity contribution is 5.42. The molecule has 0 aliphatic carbocycles. The van der Waals surface area contributed by atoms with E-state index in [-0.39, 0.29) is 0 Å². The predicted molar refractivity (Wildman–Crippen MR) is 66.8 cm³/mol. The average Bonchev–Trinajstić information content (AvgIpc) is 2.37. The third-order valence-corrected chi connectivity index (χ3v) is 2.25. The number of nitrogen functional groups attached to an aromatic ring is 1. The van der Waals surface area contributed by atoms with Crippen LogP contribution in [0.2, 0.25) is 0 Å². The van der Waals surface area contributed by atoms with Crippen LogP contribution in [0.4, 0.5) is 11.6 Å². The van der Waals surface area contributed by atoms with Gasteiger partial charge in [-0.05, 0) is 23.8 Å². The molecular weight excluding hydrogens is 216 g/mol. The van der Waals surface area contributed by atoms with Crippen LogP contribution in [0, 0.1) is 0 Å². The minimum Gasteiger partial charge on any atom is -0.481 e. The summed E-state index contributed by atoms with van der Waals surface area (Å²) in [4.78, 5) is 8.19. The normalized spacial score (nSPS) is 9.94. The van der Waals surface area contributed by atoms with E-state index in [1.54, 1.807) is 19.4 Å². The summed E-state index contributed by atoms with van der Waals surface area (Å²) in [7, 11) is 1.60. The van der Waals surface area contributed by atoms with Gasteiger partial charge in [0.1, 0.15) is 11.6 Å². The fourth-order valence-corrected chi connectivity index (χ4v) is 1.41. The first-order chi connectivity index (χ1) is 8.28. The van der Waals surface area contributed by atoms with E-state index in [9.17, 15) is 0 Å². The molecule has 0 bridgehead atoms. The molecule has 0 saturated carbocycles. The van der Waals surface area contributed by atoms with Gasteiger partial charge in [-0.3, -0.25) is 0 Å². The number of anilines is 2. The van der Waals surface area contributed by atoms with E-state index in [1.807, 2.05) is 24.3 Å². The molecule has 17 heavy (non-hydrogen) atoms. The van der Waals surface area contributed by atoms with Crippen molar-refractivity contribution in [3.8, 4) is 5.88 Å². The Morgan fingerprint density at radius 1 is 1.35 bits per heavy atom. The van der Waals surface area contributed by atoms with Crippen molar-refractivity contribution in [2.24, 2.45) is 0 Å². The Morgan fingerprint density at radius 2 is 2.24 bits per heavy atom. The second kappa shape index (κ2) is 5.16. The number of hydrogen-bond acceptors (Lipinski definition) is 5. The van der Waals surface area contributed by atoms with E-state index in [1.165, 1.54) is 0 Å². The standard InChI is InChI=1S/C12H14N4O/c1-17-12-7-9(5-6-14-12)8-15-11-4-2-3-10(13)16-11/h2-7H,8H2,1H3,(H3,13,15,16). The van der Waals surface area contributed by atoms with E-state index in [0.29, 0.717) is 18.2 Å². The highest BCUT2D eigenvalue weighted by Gasteiger charge is 1.98. The molecule has 2 aromatic heterocycles. The molecule has 0 atom stereocenters. The van der Waals surface area contributed by atoms with Crippen LogP contribution in [0.15, 0.2) is 36.5 Å². The van der Waals surface area contributed by atoms with Crippen molar-refractivity contribution in [3.05, 3.63) is 42.1 Å². The van der Waals surface area contributed by atoms with Gasteiger partial charge in [-0.15, -0.1) is 0 Å². The van der Waals surface area contributed by atoms with Crippen LogP contribution in [0.25, 0.3) is 0 Å². The molecule has 0 aliphatic rings. The first kappa shape index (κ1) is 11.2. The van der Waals surface area contributed by atoms with Gasteiger partial charge in [-0.1, -0.05) is 6.07 Å². The molecule has 0 radical (unpaired) electrons. The van der Waals surface area contributed by atoms with Crippen molar-refractivity contribution in [1.82, 2.24) is 9.97 Å². The van der Waals surface area contributed by atoms with Crippen LogP contribution in [0.3, 0.4) is 0 Å². The van der Waals surface area contributed by atoms with Gasteiger partial charge < -0.3 is 15.8 Å². The lowest BCUT2D eigenvalue weighted by Gasteiger charge is -2.07. The zero-order valence-electron chi connectivity index (χ0n) is 9.55. The lowest BCUT2D eigenvalue weighted by atomic mass is 10.2. The molecule has 0 spiro atoms. The van der Waals surface area contributed by atoms with Crippen molar-refractivity contribution in [1.29, 1.82) is 0 Å². The van der Waals surface area contributed by atoms with Crippen LogP contribution in [-0.2, 0) is 6.54 Å². The molecule has 2 rings (SSSR count). The zero-order valence-corrected chi connectivity index (χ0v) is 9.55. The van der Waals surface area contributed by atoms with E-state index < -0.39 is 0 Å². The van der Waals surface area contributed by atoms with Gasteiger partial charge in [0.25, 0.3) is 0 Å². The molecule has 0 fully saturated rings. The van der Waals surface area contributed by atoms with Gasteiger partial charge in [0.15, 0.2) is 0 Å². The summed E-state index contributed by atoms with van der Waals surface area (Å²) in [6.07, 6.45) is 1.71. The SMILES string of the molecule is COc1cc(CNc2cccc(N)n2)ccn1. The Bertz CT molecular complexity index is 501. The maximum atomic E-state index is 5.59. The average molecular weight is 230 g/mol. The molecular formula is C12H14N4O. The lowest BCUT2D eigenvalue weighted by Crippen LogP contribution is -2.03. The molecule has 0 amide bonds. The lowest BCUT2D eigenvalue weighted by molar-refractivity contribution is 0.397. The number of nitrogens with one attached hydrogen (secondary N) is 1. The first-order valence-corrected chi connectivity index (χ1v) is 5.23. The van der Waals surface area contributed by atoms with Crippen LogP contribution in [0.1, 0.15) is 5.56 Å². The van der Waals surface area contributed by atoms with Crippen LogP contribution >= 0.6 is 0 Å². The Kier molecular flexibility index (Phi) is 3.40. The smallest absolute Gasteiger partial charge is 0.213 e. The van der Waals surface area contributed by atoms with Crippen molar-refractivity contribution in [3.63, 3.8) is 0 Å². The summed E-state index contributed by atoms with van der Waals surface area (Å²) >= 11 is 0. The number of nitrogens with zero attached hydrogens (tertiary/aromatic N) is 2. The molecule has 3 N–H and O–H groups in total. The number of aromatic nitrogens is 2. The second-order valence-corrected chi connectivity index (χ2v) is 3.51. The summed E-state index contributed by atoms with van der Waals surface area (Å²) < 4.78 is 5.05. The first-order valence-electron chi connectivity index (χ1n) is 5.23. The number of rotatable bonds is 4. The van der Waals surface area contributed by atoms with Crippen molar-refractivity contribution < 1.29 is 4.74 Å². The van der Waals surface area contributed by atoms with Gasteiger partial charge >= 0.3 is 0 Å². The Balaban J connectivity index is 2.02. The maximum absolute atomic E-state index is 5.59. The second-order valence-electron chi connectivity index (χ2n) is 3.51. The fraction of sp³-hybridized carbons (Fsp3) is 0.167. The fourth-order valence-electron chi connectivity index (χ4n) is 1.41. The quantitative estimate of drug-likeness (QED) is 0.836. The van der Waals surface area contributed by atoms with Crippen molar-refractivity contribution >= 4 is 11.6 Å². The summed E-state index contributed by atoms with van der Waals surface area (Å²) in [5, 5.41) is 3.18. The number of methoxy groups -OCH3 is 1. The molecule has 5 heteroatoms. The molecule has 0 unspecified atom stereocenters. The molecule has 5 nitrogen and oxygen atoms in total. The van der Waals surface area contributed by atoms with Crippen LogP contribution in [0.5, 0.6) is 5.88 Å². The number of ether oxygens (including phenoxy) is 1. The Labute approximate surface area is 99.7 Å². The summed E-state index contributed by atoms with van der Waals surface area (Å²) in [5.41, 5.74) is 6.66. The monoisotopic (exact) mass is 230 g/mol. The minimum absolute atomic E-state index is 0.502. The van der Waals surface area contributed by atoms with Gasteiger partial charge in [0.05, 0.1) is 7.11 Å². The van der Waals surface area contributed by atoms with Crippen LogP contribution in [-0.4, -0.2) is 17.1 Å². The Morgan fingerprint density at radius 3 is 3.00 bits per heavy atom. The van der Waals surface area contributed by atoms with Gasteiger partial charge in [-0.2, -0.15) is 0 Å². The molecule has 2 aromatic rings. The number of nitrogens with two attached hydrogens (primary N) is 1. The van der Waals surface area contributed by atoms with Crippen LogP contribution < -0.4 is 15.8 Å². The Hall–Kier alpha value is -2.30. The minimum atomic E-state index is 0.502. The van der Waals surface area contributed by atoms with E-state index in [0.717, 1.165) is 11.4 Å². The third kappa shape index (κ3) is 3.07. The van der Waals surface area contributed by atoms with Gasteiger partial charge in [-0.25, -0.2) is 9.97 Å². The largest absolute Gasteiger partial charge is 0.481 e. The summed E-state index contributed by atoms with van der Waals surface area (Å²) in [6, 6.07) is 9.27. The van der Waals surface area contributed by atoms with E-state index in [2.05, 4.69) is 15.3 Å². The third-order valence-electron chi connectivity index (χ3n) is 2.25. The topological polar surface area (TPSA) is 73.1 Å². The predicted octanol–water partition coefficient (Wildman–Crippen LogP) is 1.68. The van der Waals surface area contributed by atoms with Gasteiger partial charge in [0.2, 0.25) is 5.88 Å². The van der Waals surface area contributed by atoms with E-state index >= 15 is 0 Å². The zero-order chi connectivity index (χ0) is 12.1. The highest BCUT2D eigenvalue weighted by atomic mass is 16.5. The molecule has 0 saturated heterocycles.